The first-order valence-electron chi connectivity index (χ1n) is 6.27. The fourth-order valence-electron chi connectivity index (χ4n) is 3.14. The van der Waals surface area contributed by atoms with E-state index >= 15 is 0 Å². The predicted molar refractivity (Wildman–Crippen MR) is 67.0 cm³/mol. The highest BCUT2D eigenvalue weighted by atomic mass is 32.2. The fraction of sp³-hybridized carbons (Fsp3) is 0.538. The van der Waals surface area contributed by atoms with Crippen LogP contribution >= 0.6 is 0 Å². The van der Waals surface area contributed by atoms with Crippen LogP contribution in [0.2, 0.25) is 0 Å². The Hall–Kier alpha value is -1.23. The number of carbonyl (C=O) groups is 1. The van der Waals surface area contributed by atoms with E-state index in [0.717, 1.165) is 12.8 Å². The third kappa shape index (κ3) is 1.77. The summed E-state index contributed by atoms with van der Waals surface area (Å²) >= 11 is 0. The summed E-state index contributed by atoms with van der Waals surface area (Å²) < 4.78 is 23.9. The van der Waals surface area contributed by atoms with Gasteiger partial charge in [0.1, 0.15) is 5.69 Å². The average Bonchev–Trinajstić information content (AvgIpc) is 2.59. The molecule has 4 nitrogen and oxygen atoms in total. The highest BCUT2D eigenvalue weighted by Gasteiger charge is 2.48. The molecule has 5 heteroatoms. The first kappa shape index (κ1) is 11.8. The molecule has 2 bridgehead atoms. The van der Waals surface area contributed by atoms with Crippen LogP contribution in [0.15, 0.2) is 24.4 Å². The molecule has 3 heterocycles. The van der Waals surface area contributed by atoms with Gasteiger partial charge in [-0.1, -0.05) is 6.07 Å². The van der Waals surface area contributed by atoms with Crippen molar-refractivity contribution in [2.45, 2.75) is 36.2 Å². The van der Waals surface area contributed by atoms with Gasteiger partial charge >= 0.3 is 0 Å². The fourth-order valence-corrected chi connectivity index (χ4v) is 5.61. The Balaban J connectivity index is 1.83. The number of pyridine rings is 1. The smallest absolute Gasteiger partial charge is 0.184 e. The zero-order valence-electron chi connectivity index (χ0n) is 9.95. The van der Waals surface area contributed by atoms with Crippen molar-refractivity contribution in [2.75, 3.05) is 0 Å². The number of hydrogen-bond donors (Lipinski definition) is 0. The first-order chi connectivity index (χ1) is 8.59. The number of hydrogen-bond acceptors (Lipinski definition) is 4. The van der Waals surface area contributed by atoms with Gasteiger partial charge < -0.3 is 0 Å². The summed E-state index contributed by atoms with van der Waals surface area (Å²) in [5.41, 5.74) is 0.459. The van der Waals surface area contributed by atoms with E-state index in [9.17, 15) is 13.2 Å². The van der Waals surface area contributed by atoms with Crippen molar-refractivity contribution in [1.29, 1.82) is 0 Å². The van der Waals surface area contributed by atoms with Crippen molar-refractivity contribution in [2.24, 2.45) is 5.92 Å². The molecule has 0 radical (unpaired) electrons. The van der Waals surface area contributed by atoms with Gasteiger partial charge in [-0.05, 0) is 37.8 Å². The largest absolute Gasteiger partial charge is 0.292 e. The second-order valence-electron chi connectivity index (χ2n) is 5.16. The first-order valence-corrected chi connectivity index (χ1v) is 7.88. The molecular weight excluding hydrogens is 250 g/mol. The minimum Gasteiger partial charge on any atom is -0.292 e. The lowest BCUT2D eigenvalue weighted by atomic mass is 9.92. The van der Waals surface area contributed by atoms with E-state index in [4.69, 9.17) is 0 Å². The Morgan fingerprint density at radius 2 is 1.83 bits per heavy atom. The van der Waals surface area contributed by atoms with Gasteiger partial charge in [0.2, 0.25) is 0 Å². The SMILES string of the molecule is O=C(c1ccccn1)C1CC2CCC(C1)S2(=O)=O. The van der Waals surface area contributed by atoms with E-state index in [1.54, 1.807) is 24.4 Å². The van der Waals surface area contributed by atoms with E-state index in [1.807, 2.05) is 0 Å². The molecule has 0 saturated carbocycles. The van der Waals surface area contributed by atoms with Gasteiger partial charge in [-0.2, -0.15) is 0 Å². The number of rotatable bonds is 2. The summed E-state index contributed by atoms with van der Waals surface area (Å²) in [7, 11) is -2.95. The van der Waals surface area contributed by atoms with Crippen molar-refractivity contribution >= 4 is 15.6 Å². The van der Waals surface area contributed by atoms with Crippen LogP contribution < -0.4 is 0 Å². The van der Waals surface area contributed by atoms with Gasteiger partial charge in [0.15, 0.2) is 15.6 Å². The molecule has 0 N–H and O–H groups in total. The number of Topliss-reactive ketones (excluding diaryl/α,β-unsaturated/α-hetero) is 1. The highest BCUT2D eigenvalue weighted by Crippen LogP contribution is 2.41. The van der Waals surface area contributed by atoms with Crippen LogP contribution in [0.3, 0.4) is 0 Å². The van der Waals surface area contributed by atoms with Crippen LogP contribution in [-0.4, -0.2) is 29.7 Å². The van der Waals surface area contributed by atoms with Crippen molar-refractivity contribution in [3.05, 3.63) is 30.1 Å². The molecule has 2 saturated heterocycles. The van der Waals surface area contributed by atoms with Crippen LogP contribution in [-0.2, 0) is 9.84 Å². The molecule has 1 aromatic rings. The number of aromatic nitrogens is 1. The molecule has 2 unspecified atom stereocenters. The number of nitrogens with zero attached hydrogens (tertiary/aromatic N) is 1. The topological polar surface area (TPSA) is 64.1 Å². The summed E-state index contributed by atoms with van der Waals surface area (Å²) in [5, 5.41) is -0.595. The second-order valence-corrected chi connectivity index (χ2v) is 7.67. The lowest BCUT2D eigenvalue weighted by molar-refractivity contribution is 0.0900. The summed E-state index contributed by atoms with van der Waals surface area (Å²) in [6.45, 7) is 0. The van der Waals surface area contributed by atoms with Gasteiger partial charge in [-0.3, -0.25) is 9.78 Å². The van der Waals surface area contributed by atoms with Gasteiger partial charge in [0.25, 0.3) is 0 Å². The second kappa shape index (κ2) is 4.16. The van der Waals surface area contributed by atoms with Crippen LogP contribution in [0.25, 0.3) is 0 Å². The molecule has 2 atom stereocenters. The summed E-state index contributed by atoms with van der Waals surface area (Å²) in [4.78, 5) is 16.3. The standard InChI is InChI=1S/C13H15NO3S/c15-13(12-3-1-2-6-14-12)9-7-10-4-5-11(8-9)18(10,16)17/h1-3,6,9-11H,4-5,7-8H2. The Morgan fingerprint density at radius 3 is 2.39 bits per heavy atom. The Labute approximate surface area is 106 Å². The molecule has 0 spiro atoms. The molecule has 2 fully saturated rings. The van der Waals surface area contributed by atoms with Crippen LogP contribution in [0.1, 0.15) is 36.2 Å². The minimum absolute atomic E-state index is 0.00222. The Bertz CT molecular complexity index is 547. The zero-order valence-corrected chi connectivity index (χ0v) is 10.8. The number of sulfone groups is 1. The summed E-state index contributed by atoms with van der Waals surface area (Å²) in [5.74, 6) is -0.164. The molecule has 0 aliphatic carbocycles. The molecule has 18 heavy (non-hydrogen) atoms. The molecule has 1 aromatic heterocycles. The maximum atomic E-state index is 12.3. The Morgan fingerprint density at radius 1 is 1.17 bits per heavy atom. The Kier molecular flexibility index (Phi) is 2.73. The van der Waals surface area contributed by atoms with Crippen molar-refractivity contribution in [1.82, 2.24) is 4.98 Å². The maximum Gasteiger partial charge on any atom is 0.184 e. The molecule has 0 aromatic carbocycles. The lowest BCUT2D eigenvalue weighted by Crippen LogP contribution is -2.36. The maximum absolute atomic E-state index is 12.3. The van der Waals surface area contributed by atoms with E-state index in [0.29, 0.717) is 18.5 Å². The van der Waals surface area contributed by atoms with E-state index in [2.05, 4.69) is 4.98 Å². The van der Waals surface area contributed by atoms with Crippen LogP contribution in [0, 0.1) is 5.92 Å². The zero-order chi connectivity index (χ0) is 12.8. The molecule has 0 amide bonds. The molecule has 3 rings (SSSR count). The molecule has 96 valence electrons. The number of ketones is 1. The van der Waals surface area contributed by atoms with Crippen molar-refractivity contribution in [3.63, 3.8) is 0 Å². The normalized spacial score (nSPS) is 33.2. The van der Waals surface area contributed by atoms with E-state index < -0.39 is 9.84 Å². The molecular formula is C13H15NO3S. The number of carbonyl (C=O) groups excluding carboxylic acids is 1. The van der Waals surface area contributed by atoms with Crippen LogP contribution in [0.4, 0.5) is 0 Å². The van der Waals surface area contributed by atoms with Gasteiger partial charge in [-0.15, -0.1) is 0 Å². The van der Waals surface area contributed by atoms with E-state index in [1.165, 1.54) is 0 Å². The van der Waals surface area contributed by atoms with Crippen molar-refractivity contribution in [3.8, 4) is 0 Å². The number of fused-ring (bicyclic) bond motifs is 2. The molecule has 2 aliphatic heterocycles. The molecule has 2 aliphatic rings. The van der Waals surface area contributed by atoms with Gasteiger partial charge in [0.05, 0.1) is 10.5 Å². The average molecular weight is 265 g/mol. The third-order valence-electron chi connectivity index (χ3n) is 4.12. The summed E-state index contributed by atoms with van der Waals surface area (Å²) in [6, 6.07) is 5.26. The van der Waals surface area contributed by atoms with Gasteiger partial charge in [-0.25, -0.2) is 8.42 Å². The van der Waals surface area contributed by atoms with Gasteiger partial charge in [0, 0.05) is 12.1 Å². The predicted octanol–water partition coefficient (Wildman–Crippen LogP) is 1.62. The lowest BCUT2D eigenvalue weighted by Gasteiger charge is -2.26. The highest BCUT2D eigenvalue weighted by molar-refractivity contribution is 7.93. The van der Waals surface area contributed by atoms with E-state index in [-0.39, 0.29) is 22.2 Å². The quantitative estimate of drug-likeness (QED) is 0.762. The van der Waals surface area contributed by atoms with Crippen LogP contribution in [0.5, 0.6) is 0 Å². The van der Waals surface area contributed by atoms with Crippen molar-refractivity contribution < 1.29 is 13.2 Å². The summed E-state index contributed by atoms with van der Waals surface area (Å²) in [6.07, 6.45) is 4.00. The minimum atomic E-state index is -2.95. The third-order valence-corrected chi connectivity index (χ3v) is 6.84. The monoisotopic (exact) mass is 265 g/mol.